The van der Waals surface area contributed by atoms with Crippen LogP contribution in [0.5, 0.6) is 0 Å². The van der Waals surface area contributed by atoms with Gasteiger partial charge in [-0.1, -0.05) is 6.92 Å². The molecule has 1 aromatic heterocycles. The third kappa shape index (κ3) is 2.61. The number of nitrogens with zero attached hydrogens (tertiary/aromatic N) is 3. The predicted molar refractivity (Wildman–Crippen MR) is 82.9 cm³/mol. The molecule has 0 radical (unpaired) electrons. The van der Waals surface area contributed by atoms with Crippen LogP contribution in [0.2, 0.25) is 0 Å². The van der Waals surface area contributed by atoms with E-state index >= 15 is 0 Å². The first-order valence-electron chi connectivity index (χ1n) is 7.71. The van der Waals surface area contributed by atoms with Crippen LogP contribution in [-0.4, -0.2) is 47.9 Å². The Balaban J connectivity index is 1.68. The van der Waals surface area contributed by atoms with E-state index in [1.807, 2.05) is 0 Å². The lowest BCUT2D eigenvalue weighted by Gasteiger charge is -2.37. The predicted octanol–water partition coefficient (Wildman–Crippen LogP) is 2.58. The van der Waals surface area contributed by atoms with Crippen LogP contribution >= 0.6 is 11.3 Å². The number of piperazine rings is 1. The number of fused-ring (bicyclic) bond motifs is 1. The molecule has 0 aromatic carbocycles. The standard InChI is InChI=1S/C15H23N3OS/c1-3-11(2)17-7-9-18(10-8-17)15-16-14-12(19)5-4-6-13(14)20-15/h11H,3-10H2,1-2H3. The highest BCUT2D eigenvalue weighted by Gasteiger charge is 2.26. The summed E-state index contributed by atoms with van der Waals surface area (Å²) in [5.74, 6) is 0.243. The van der Waals surface area contributed by atoms with Gasteiger partial charge in [-0.2, -0.15) is 0 Å². The van der Waals surface area contributed by atoms with Crippen molar-refractivity contribution in [2.75, 3.05) is 31.1 Å². The van der Waals surface area contributed by atoms with E-state index < -0.39 is 0 Å². The molecule has 0 amide bonds. The number of hydrogen-bond acceptors (Lipinski definition) is 5. The van der Waals surface area contributed by atoms with Gasteiger partial charge < -0.3 is 4.90 Å². The molecule has 1 aliphatic carbocycles. The average molecular weight is 293 g/mol. The molecular weight excluding hydrogens is 270 g/mol. The van der Waals surface area contributed by atoms with Crippen LogP contribution in [0.15, 0.2) is 0 Å². The minimum atomic E-state index is 0.243. The number of aryl methyl sites for hydroxylation is 1. The molecule has 1 saturated heterocycles. The lowest BCUT2D eigenvalue weighted by molar-refractivity contribution is 0.0968. The van der Waals surface area contributed by atoms with Crippen LogP contribution < -0.4 is 4.90 Å². The molecule has 1 unspecified atom stereocenters. The van der Waals surface area contributed by atoms with Gasteiger partial charge in [0.05, 0.1) is 0 Å². The first kappa shape index (κ1) is 14.0. The largest absolute Gasteiger partial charge is 0.346 e. The van der Waals surface area contributed by atoms with Gasteiger partial charge in [0, 0.05) is 43.5 Å². The highest BCUT2D eigenvalue weighted by Crippen LogP contribution is 2.32. The van der Waals surface area contributed by atoms with Gasteiger partial charge in [0.2, 0.25) is 0 Å². The summed E-state index contributed by atoms with van der Waals surface area (Å²) in [5.41, 5.74) is 0.764. The Kier molecular flexibility index (Phi) is 4.08. The smallest absolute Gasteiger partial charge is 0.186 e. The number of ketones is 1. The number of hydrogen-bond donors (Lipinski definition) is 0. The zero-order chi connectivity index (χ0) is 14.1. The topological polar surface area (TPSA) is 36.4 Å². The highest BCUT2D eigenvalue weighted by molar-refractivity contribution is 7.16. The number of aromatic nitrogens is 1. The highest BCUT2D eigenvalue weighted by atomic mass is 32.1. The molecule has 1 fully saturated rings. The lowest BCUT2D eigenvalue weighted by Crippen LogP contribution is -2.49. The van der Waals surface area contributed by atoms with Crippen LogP contribution in [0.25, 0.3) is 0 Å². The molecule has 2 heterocycles. The molecule has 4 nitrogen and oxygen atoms in total. The maximum atomic E-state index is 11.9. The van der Waals surface area contributed by atoms with Gasteiger partial charge in [-0.15, -0.1) is 11.3 Å². The minimum Gasteiger partial charge on any atom is -0.346 e. The first-order valence-corrected chi connectivity index (χ1v) is 8.52. The van der Waals surface area contributed by atoms with Crippen molar-refractivity contribution in [1.29, 1.82) is 0 Å². The molecule has 3 rings (SSSR count). The SMILES string of the molecule is CCC(C)N1CCN(c2nc3c(s2)CCCC3=O)CC1. The number of Topliss-reactive ketones (excluding diaryl/α,β-unsaturated/α-hetero) is 1. The van der Waals surface area contributed by atoms with Crippen LogP contribution in [0.4, 0.5) is 5.13 Å². The maximum absolute atomic E-state index is 11.9. The summed E-state index contributed by atoms with van der Waals surface area (Å²) in [6.07, 6.45) is 3.92. The van der Waals surface area contributed by atoms with Crippen molar-refractivity contribution in [2.45, 2.75) is 45.6 Å². The van der Waals surface area contributed by atoms with Crippen LogP contribution in [-0.2, 0) is 6.42 Å². The third-order valence-electron chi connectivity index (χ3n) is 4.56. The summed E-state index contributed by atoms with van der Waals surface area (Å²) in [4.78, 5) is 22.6. The normalized spacial score (nSPS) is 21.9. The number of anilines is 1. The van der Waals surface area contributed by atoms with Crippen LogP contribution in [0, 0.1) is 0 Å². The van der Waals surface area contributed by atoms with Gasteiger partial charge in [0.1, 0.15) is 5.69 Å². The quantitative estimate of drug-likeness (QED) is 0.858. The number of thiazole rings is 1. The molecule has 5 heteroatoms. The van der Waals surface area contributed by atoms with E-state index in [-0.39, 0.29) is 5.78 Å². The number of rotatable bonds is 3. The van der Waals surface area contributed by atoms with E-state index in [0.717, 1.165) is 49.8 Å². The second-order valence-corrected chi connectivity index (χ2v) is 6.89. The molecule has 20 heavy (non-hydrogen) atoms. The van der Waals surface area contributed by atoms with Gasteiger partial charge >= 0.3 is 0 Å². The Hall–Kier alpha value is -0.940. The van der Waals surface area contributed by atoms with E-state index in [4.69, 9.17) is 0 Å². The molecule has 1 atom stereocenters. The zero-order valence-corrected chi connectivity index (χ0v) is 13.2. The van der Waals surface area contributed by atoms with Gasteiger partial charge in [0.15, 0.2) is 10.9 Å². The number of carbonyl (C=O) groups excluding carboxylic acids is 1. The average Bonchev–Trinajstić information content (AvgIpc) is 2.92. The molecular formula is C15H23N3OS. The van der Waals surface area contributed by atoms with Crippen molar-refractivity contribution >= 4 is 22.3 Å². The Morgan fingerprint density at radius 1 is 1.25 bits per heavy atom. The van der Waals surface area contributed by atoms with Crippen LogP contribution in [0.1, 0.15) is 48.5 Å². The van der Waals surface area contributed by atoms with E-state index in [1.165, 1.54) is 11.3 Å². The summed E-state index contributed by atoms with van der Waals surface area (Å²) >= 11 is 1.74. The van der Waals surface area contributed by atoms with Gasteiger partial charge in [-0.25, -0.2) is 4.98 Å². The van der Waals surface area contributed by atoms with Crippen molar-refractivity contribution in [3.63, 3.8) is 0 Å². The summed E-state index contributed by atoms with van der Waals surface area (Å²) in [6, 6.07) is 0.670. The molecule has 0 bridgehead atoms. The van der Waals surface area contributed by atoms with E-state index in [1.54, 1.807) is 11.3 Å². The Bertz CT molecular complexity index is 491. The monoisotopic (exact) mass is 293 g/mol. The summed E-state index contributed by atoms with van der Waals surface area (Å²) in [7, 11) is 0. The van der Waals surface area contributed by atoms with Crippen molar-refractivity contribution in [3.05, 3.63) is 10.6 Å². The molecule has 0 N–H and O–H groups in total. The molecule has 0 spiro atoms. The second kappa shape index (κ2) is 5.82. The van der Waals surface area contributed by atoms with Crippen molar-refractivity contribution in [3.8, 4) is 0 Å². The van der Waals surface area contributed by atoms with Crippen molar-refractivity contribution in [1.82, 2.24) is 9.88 Å². The van der Waals surface area contributed by atoms with E-state index in [0.29, 0.717) is 12.5 Å². The zero-order valence-electron chi connectivity index (χ0n) is 12.4. The third-order valence-corrected chi connectivity index (χ3v) is 5.73. The fourth-order valence-electron chi connectivity index (χ4n) is 3.00. The van der Waals surface area contributed by atoms with Gasteiger partial charge in [0.25, 0.3) is 0 Å². The van der Waals surface area contributed by atoms with Crippen LogP contribution in [0.3, 0.4) is 0 Å². The fraction of sp³-hybridized carbons (Fsp3) is 0.733. The fourth-order valence-corrected chi connectivity index (χ4v) is 4.17. The molecule has 0 saturated carbocycles. The number of carbonyl (C=O) groups is 1. The van der Waals surface area contributed by atoms with Crippen molar-refractivity contribution in [2.24, 2.45) is 0 Å². The lowest BCUT2D eigenvalue weighted by atomic mass is 10.0. The van der Waals surface area contributed by atoms with E-state index in [2.05, 4.69) is 28.6 Å². The molecule has 1 aliphatic heterocycles. The summed E-state index contributed by atoms with van der Waals surface area (Å²) in [6.45, 7) is 8.82. The Morgan fingerprint density at radius 3 is 2.65 bits per heavy atom. The summed E-state index contributed by atoms with van der Waals surface area (Å²) in [5, 5.41) is 1.06. The molecule has 1 aromatic rings. The minimum absolute atomic E-state index is 0.243. The first-order chi connectivity index (χ1) is 9.69. The Labute approximate surface area is 124 Å². The summed E-state index contributed by atoms with van der Waals surface area (Å²) < 4.78 is 0. The van der Waals surface area contributed by atoms with Gasteiger partial charge in [-0.05, 0) is 26.2 Å². The van der Waals surface area contributed by atoms with Gasteiger partial charge in [-0.3, -0.25) is 9.69 Å². The van der Waals surface area contributed by atoms with Crippen molar-refractivity contribution < 1.29 is 4.79 Å². The Morgan fingerprint density at radius 2 is 2.00 bits per heavy atom. The second-order valence-electron chi connectivity index (χ2n) is 5.83. The molecule has 2 aliphatic rings. The maximum Gasteiger partial charge on any atom is 0.186 e. The van der Waals surface area contributed by atoms with E-state index in [9.17, 15) is 4.79 Å². The molecule has 110 valence electrons.